The molecule has 0 aliphatic heterocycles. The van der Waals surface area contributed by atoms with Gasteiger partial charge in [-0.05, 0) is 25.1 Å². The van der Waals surface area contributed by atoms with E-state index in [4.69, 9.17) is 17.3 Å². The monoisotopic (exact) mass is 306 g/mol. The van der Waals surface area contributed by atoms with Crippen molar-refractivity contribution in [2.24, 2.45) is 0 Å². The van der Waals surface area contributed by atoms with Gasteiger partial charge in [-0.1, -0.05) is 11.6 Å². The molecule has 108 valence electrons. The molecule has 1 aromatic carbocycles. The molecule has 0 radical (unpaired) electrons. The molecule has 0 aliphatic carbocycles. The molecule has 0 unspecified atom stereocenters. The third kappa shape index (κ3) is 2.36. The summed E-state index contributed by atoms with van der Waals surface area (Å²) in [4.78, 5) is 8.44. The van der Waals surface area contributed by atoms with Crippen LogP contribution in [0.3, 0.4) is 0 Å². The average molecular weight is 307 g/mol. The summed E-state index contributed by atoms with van der Waals surface area (Å²) in [5.74, 6) is 0.539. The zero-order chi connectivity index (χ0) is 15.0. The Morgan fingerprint density at radius 1 is 1.38 bits per heavy atom. The summed E-state index contributed by atoms with van der Waals surface area (Å²) in [7, 11) is 0. The van der Waals surface area contributed by atoms with Crippen molar-refractivity contribution in [3.05, 3.63) is 35.2 Å². The van der Waals surface area contributed by atoms with Crippen molar-refractivity contribution in [1.29, 1.82) is 0 Å². The Hall–Kier alpha value is -2.41. The zero-order valence-electron chi connectivity index (χ0n) is 11.1. The minimum Gasteiger partial charge on any atom is -0.382 e. The Morgan fingerprint density at radius 3 is 2.95 bits per heavy atom. The van der Waals surface area contributed by atoms with Crippen LogP contribution in [0.15, 0.2) is 24.4 Å². The molecule has 3 rings (SSSR count). The topological polar surface area (TPSA) is 81.7 Å². The van der Waals surface area contributed by atoms with Gasteiger partial charge in [0.15, 0.2) is 5.82 Å². The van der Waals surface area contributed by atoms with E-state index in [-0.39, 0.29) is 22.6 Å². The smallest absolute Gasteiger partial charge is 0.255 e. The van der Waals surface area contributed by atoms with Gasteiger partial charge in [-0.15, -0.1) is 0 Å². The van der Waals surface area contributed by atoms with E-state index in [0.29, 0.717) is 23.3 Å². The Labute approximate surface area is 124 Å². The summed E-state index contributed by atoms with van der Waals surface area (Å²) in [5.41, 5.74) is 6.48. The van der Waals surface area contributed by atoms with E-state index in [1.807, 2.05) is 6.92 Å². The SMILES string of the molecule is CCNc1nc(-n2ncc3cc(F)ccc32)nc(N)c1Cl. The fourth-order valence-corrected chi connectivity index (χ4v) is 2.15. The largest absolute Gasteiger partial charge is 0.382 e. The number of nitrogens with zero attached hydrogens (tertiary/aromatic N) is 4. The molecule has 3 N–H and O–H groups in total. The van der Waals surface area contributed by atoms with Crippen LogP contribution in [0.1, 0.15) is 6.92 Å². The maximum absolute atomic E-state index is 13.2. The van der Waals surface area contributed by atoms with Gasteiger partial charge in [0.25, 0.3) is 5.95 Å². The molecule has 0 spiro atoms. The fourth-order valence-electron chi connectivity index (χ4n) is 1.99. The van der Waals surface area contributed by atoms with Gasteiger partial charge in [0, 0.05) is 11.9 Å². The maximum Gasteiger partial charge on any atom is 0.255 e. The number of fused-ring (bicyclic) bond motifs is 1. The number of rotatable bonds is 3. The Morgan fingerprint density at radius 2 is 2.19 bits per heavy atom. The summed E-state index contributed by atoms with van der Waals surface area (Å²) in [5, 5.41) is 8.11. The molecule has 0 atom stereocenters. The molecule has 2 aromatic heterocycles. The molecule has 6 nitrogen and oxygen atoms in total. The first-order valence-corrected chi connectivity index (χ1v) is 6.68. The lowest BCUT2D eigenvalue weighted by Gasteiger charge is -2.09. The van der Waals surface area contributed by atoms with Crippen molar-refractivity contribution in [3.63, 3.8) is 0 Å². The third-order valence-electron chi connectivity index (χ3n) is 2.93. The van der Waals surface area contributed by atoms with E-state index in [2.05, 4.69) is 20.4 Å². The van der Waals surface area contributed by atoms with Gasteiger partial charge in [0.05, 0.1) is 11.7 Å². The van der Waals surface area contributed by atoms with E-state index >= 15 is 0 Å². The second-order valence-electron chi connectivity index (χ2n) is 4.36. The molecule has 0 saturated heterocycles. The van der Waals surface area contributed by atoms with Crippen molar-refractivity contribution in [3.8, 4) is 5.95 Å². The molecule has 21 heavy (non-hydrogen) atoms. The van der Waals surface area contributed by atoms with Gasteiger partial charge < -0.3 is 11.1 Å². The lowest BCUT2D eigenvalue weighted by Crippen LogP contribution is -2.10. The standard InChI is InChI=1S/C13H12ClFN6/c1-2-17-12-10(14)11(16)19-13(20-12)21-9-4-3-8(15)5-7(9)6-18-21/h3-6H,2H2,1H3,(H3,16,17,19,20). The minimum atomic E-state index is -0.327. The van der Waals surface area contributed by atoms with Crippen molar-refractivity contribution < 1.29 is 4.39 Å². The van der Waals surface area contributed by atoms with Gasteiger partial charge in [0.1, 0.15) is 16.7 Å². The molecule has 0 bridgehead atoms. The maximum atomic E-state index is 13.2. The first kappa shape index (κ1) is 13.6. The second-order valence-corrected chi connectivity index (χ2v) is 4.74. The fraction of sp³-hybridized carbons (Fsp3) is 0.154. The normalized spacial score (nSPS) is 11.0. The van der Waals surface area contributed by atoms with Crippen LogP contribution in [0.5, 0.6) is 0 Å². The summed E-state index contributed by atoms with van der Waals surface area (Å²) in [6.07, 6.45) is 1.54. The highest BCUT2D eigenvalue weighted by Crippen LogP contribution is 2.26. The predicted octanol–water partition coefficient (Wildman–Crippen LogP) is 2.62. The van der Waals surface area contributed by atoms with Crippen molar-refractivity contribution in [2.45, 2.75) is 6.92 Å². The number of hydrogen-bond donors (Lipinski definition) is 2. The van der Waals surface area contributed by atoms with Crippen molar-refractivity contribution in [1.82, 2.24) is 19.7 Å². The van der Waals surface area contributed by atoms with Crippen molar-refractivity contribution in [2.75, 3.05) is 17.6 Å². The first-order chi connectivity index (χ1) is 10.1. The molecule has 2 heterocycles. The van der Waals surface area contributed by atoms with Crippen LogP contribution in [0, 0.1) is 5.82 Å². The number of nitrogens with one attached hydrogen (secondary N) is 1. The highest BCUT2D eigenvalue weighted by molar-refractivity contribution is 6.35. The van der Waals surface area contributed by atoms with E-state index < -0.39 is 0 Å². The molecule has 3 aromatic rings. The number of nitrogen functional groups attached to an aromatic ring is 1. The summed E-state index contributed by atoms with van der Waals surface area (Å²) in [6.45, 7) is 2.56. The number of nitrogens with two attached hydrogens (primary N) is 1. The third-order valence-corrected chi connectivity index (χ3v) is 3.30. The molecule has 0 amide bonds. The number of anilines is 2. The summed E-state index contributed by atoms with van der Waals surface area (Å²) in [6, 6.07) is 4.35. The van der Waals surface area contributed by atoms with Gasteiger partial charge in [-0.2, -0.15) is 19.7 Å². The first-order valence-electron chi connectivity index (χ1n) is 6.30. The number of halogens is 2. The molecule has 0 saturated carbocycles. The lowest BCUT2D eigenvalue weighted by atomic mass is 10.2. The number of benzene rings is 1. The highest BCUT2D eigenvalue weighted by atomic mass is 35.5. The molecule has 8 heteroatoms. The quantitative estimate of drug-likeness (QED) is 0.777. The zero-order valence-corrected chi connectivity index (χ0v) is 11.9. The van der Waals surface area contributed by atoms with Crippen LogP contribution in [-0.4, -0.2) is 26.3 Å². The van der Waals surface area contributed by atoms with Crippen LogP contribution < -0.4 is 11.1 Å². The van der Waals surface area contributed by atoms with Gasteiger partial charge in [0.2, 0.25) is 0 Å². The van der Waals surface area contributed by atoms with Gasteiger partial charge in [-0.25, -0.2) is 4.39 Å². The Balaban J connectivity index is 2.18. The van der Waals surface area contributed by atoms with E-state index in [0.717, 1.165) is 0 Å². The van der Waals surface area contributed by atoms with E-state index in [1.54, 1.807) is 12.3 Å². The molecular weight excluding hydrogens is 295 g/mol. The number of hydrogen-bond acceptors (Lipinski definition) is 5. The molecule has 0 aliphatic rings. The molecule has 0 fully saturated rings. The van der Waals surface area contributed by atoms with Crippen LogP contribution in [0.4, 0.5) is 16.0 Å². The molecular formula is C13H12ClFN6. The Kier molecular flexibility index (Phi) is 3.34. The van der Waals surface area contributed by atoms with Crippen molar-refractivity contribution >= 4 is 34.1 Å². The lowest BCUT2D eigenvalue weighted by molar-refractivity contribution is 0.629. The highest BCUT2D eigenvalue weighted by Gasteiger charge is 2.14. The minimum absolute atomic E-state index is 0.156. The van der Waals surface area contributed by atoms with Crippen LogP contribution in [0.25, 0.3) is 16.9 Å². The number of aromatic nitrogens is 4. The van der Waals surface area contributed by atoms with E-state index in [9.17, 15) is 4.39 Å². The Bertz CT molecular complexity index is 816. The van der Waals surface area contributed by atoms with Crippen LogP contribution in [-0.2, 0) is 0 Å². The van der Waals surface area contributed by atoms with Crippen LogP contribution >= 0.6 is 11.6 Å². The van der Waals surface area contributed by atoms with Crippen LogP contribution in [0.2, 0.25) is 5.02 Å². The summed E-state index contributed by atoms with van der Waals surface area (Å²) < 4.78 is 14.7. The average Bonchev–Trinajstić information content (AvgIpc) is 2.86. The second kappa shape index (κ2) is 5.17. The van der Waals surface area contributed by atoms with E-state index in [1.165, 1.54) is 16.8 Å². The van der Waals surface area contributed by atoms with Gasteiger partial charge in [-0.3, -0.25) is 0 Å². The van der Waals surface area contributed by atoms with Gasteiger partial charge >= 0.3 is 0 Å². The predicted molar refractivity (Wildman–Crippen MR) is 80.2 cm³/mol. The summed E-state index contributed by atoms with van der Waals surface area (Å²) >= 11 is 6.05.